The molecule has 0 saturated heterocycles. The summed E-state index contributed by atoms with van der Waals surface area (Å²) in [7, 11) is -2.63. The molecule has 0 radical (unpaired) electrons. The van der Waals surface area contributed by atoms with Crippen LogP contribution >= 0.6 is 11.6 Å². The summed E-state index contributed by atoms with van der Waals surface area (Å²) in [6.45, 7) is 1.82. The first-order chi connectivity index (χ1) is 17.7. The van der Waals surface area contributed by atoms with E-state index in [1.165, 1.54) is 54.1 Å². The van der Waals surface area contributed by atoms with Crippen LogP contribution in [0.25, 0.3) is 27.7 Å². The summed E-state index contributed by atoms with van der Waals surface area (Å²) in [6, 6.07) is 14.7. The lowest BCUT2D eigenvalue weighted by Gasteiger charge is -2.17. The molecule has 1 N–H and O–H groups in total. The number of pyridine rings is 1. The molecule has 2 heterocycles. The molecule has 0 fully saturated rings. The van der Waals surface area contributed by atoms with Crippen molar-refractivity contribution in [1.29, 1.82) is 0 Å². The highest BCUT2D eigenvalue weighted by atomic mass is 35.5. The molecule has 0 aliphatic carbocycles. The van der Waals surface area contributed by atoms with Gasteiger partial charge in [-0.05, 0) is 65.7 Å². The number of ether oxygens (including phenoxy) is 1. The van der Waals surface area contributed by atoms with Crippen molar-refractivity contribution in [2.24, 2.45) is 0 Å². The number of fused-ring (bicyclic) bond motifs is 1. The van der Waals surface area contributed by atoms with Crippen LogP contribution in [0.3, 0.4) is 0 Å². The van der Waals surface area contributed by atoms with E-state index in [1.54, 1.807) is 18.2 Å². The summed E-state index contributed by atoms with van der Waals surface area (Å²) < 4.78 is 54.4. The molecular formula is C25H18ClFN4O5S. The van der Waals surface area contributed by atoms with Crippen molar-refractivity contribution < 1.29 is 22.1 Å². The highest BCUT2D eigenvalue weighted by Crippen LogP contribution is 2.35. The summed E-state index contributed by atoms with van der Waals surface area (Å²) in [5.41, 5.74) is 1.70. The quantitative estimate of drug-likeness (QED) is 0.324. The van der Waals surface area contributed by atoms with Gasteiger partial charge in [-0.3, -0.25) is 9.36 Å². The van der Waals surface area contributed by atoms with Gasteiger partial charge in [0, 0.05) is 28.1 Å². The maximum absolute atomic E-state index is 15.4. The van der Waals surface area contributed by atoms with Gasteiger partial charge in [-0.15, -0.1) is 0 Å². The zero-order chi connectivity index (χ0) is 26.3. The Hall–Kier alpha value is -4.22. The molecule has 9 nitrogen and oxygen atoms in total. The summed E-state index contributed by atoms with van der Waals surface area (Å²) in [6.07, 6.45) is 0.989. The molecule has 0 amide bonds. The highest BCUT2D eigenvalue weighted by Gasteiger charge is 2.20. The van der Waals surface area contributed by atoms with E-state index < -0.39 is 21.4 Å². The smallest absolute Gasteiger partial charge is 0.277 e. The van der Waals surface area contributed by atoms with Crippen LogP contribution in [-0.4, -0.2) is 30.2 Å². The molecule has 0 saturated carbocycles. The monoisotopic (exact) mass is 540 g/mol. The third kappa shape index (κ3) is 4.54. The standard InChI is InChI=1S/C25H18ClFN4O5S/c1-14-9-15(3-6-19(14)26)18-11-23(35-2)22(12-20(18)27)31-21-7-5-17(10-16(21)4-8-24(31)32)37(33,34)30-25-28-13-36-29-25/h3-13H,1-2H3,(H,29,30). The SMILES string of the molecule is COc1cc(-c2ccc(Cl)c(C)c2)c(F)cc1-n1c(=O)ccc2cc(S(=O)(=O)Nc3ncon3)ccc21. The Balaban J connectivity index is 1.64. The summed E-state index contributed by atoms with van der Waals surface area (Å²) in [5, 5.41) is 4.41. The number of hydrogen-bond acceptors (Lipinski definition) is 7. The Bertz CT molecular complexity index is 1820. The normalized spacial score (nSPS) is 11.6. The third-order valence-corrected chi connectivity index (χ3v) is 7.49. The summed E-state index contributed by atoms with van der Waals surface area (Å²) >= 11 is 6.11. The first-order valence-electron chi connectivity index (χ1n) is 10.8. The van der Waals surface area contributed by atoms with Gasteiger partial charge in [-0.2, -0.15) is 4.98 Å². The average Bonchev–Trinajstić information content (AvgIpc) is 3.37. The lowest BCUT2D eigenvalue weighted by atomic mass is 10.0. The Morgan fingerprint density at radius 2 is 1.89 bits per heavy atom. The molecule has 0 spiro atoms. The number of nitrogens with one attached hydrogen (secondary N) is 1. The van der Waals surface area contributed by atoms with Gasteiger partial charge in [0.1, 0.15) is 11.6 Å². The fourth-order valence-corrected chi connectivity index (χ4v) is 5.04. The van der Waals surface area contributed by atoms with Crippen molar-refractivity contribution in [3.05, 3.63) is 93.8 Å². The molecule has 3 aromatic carbocycles. The topological polar surface area (TPSA) is 116 Å². The second-order valence-corrected chi connectivity index (χ2v) is 10.1. The van der Waals surface area contributed by atoms with Crippen molar-refractivity contribution in [3.8, 4) is 22.6 Å². The molecule has 0 bridgehead atoms. The molecule has 0 atom stereocenters. The van der Waals surface area contributed by atoms with Gasteiger partial charge < -0.3 is 9.26 Å². The number of aryl methyl sites for hydroxylation is 1. The van der Waals surface area contributed by atoms with Crippen molar-refractivity contribution in [3.63, 3.8) is 0 Å². The van der Waals surface area contributed by atoms with Crippen LogP contribution in [0.5, 0.6) is 5.75 Å². The maximum Gasteiger partial charge on any atom is 0.277 e. The Kier molecular flexibility index (Phi) is 6.18. The van der Waals surface area contributed by atoms with Crippen molar-refractivity contribution in [1.82, 2.24) is 14.7 Å². The number of methoxy groups -OCH3 is 1. The van der Waals surface area contributed by atoms with E-state index in [0.717, 1.165) is 12.0 Å². The van der Waals surface area contributed by atoms with Gasteiger partial charge in [-0.25, -0.2) is 17.5 Å². The molecule has 0 unspecified atom stereocenters. The predicted octanol–water partition coefficient (Wildman–Crippen LogP) is 4.95. The summed E-state index contributed by atoms with van der Waals surface area (Å²) in [4.78, 5) is 16.5. The Morgan fingerprint density at radius 1 is 1.08 bits per heavy atom. The Morgan fingerprint density at radius 3 is 2.59 bits per heavy atom. The fraction of sp³-hybridized carbons (Fsp3) is 0.0800. The van der Waals surface area contributed by atoms with Crippen LogP contribution in [0, 0.1) is 12.7 Å². The second-order valence-electron chi connectivity index (χ2n) is 8.06. The van der Waals surface area contributed by atoms with E-state index in [4.69, 9.17) is 16.3 Å². The minimum Gasteiger partial charge on any atom is -0.495 e. The molecule has 5 rings (SSSR count). The third-order valence-electron chi connectivity index (χ3n) is 5.74. The first kappa shape index (κ1) is 24.5. The van der Waals surface area contributed by atoms with Crippen LogP contribution in [-0.2, 0) is 10.0 Å². The van der Waals surface area contributed by atoms with E-state index in [2.05, 4.69) is 19.4 Å². The van der Waals surface area contributed by atoms with Crippen molar-refractivity contribution in [2.45, 2.75) is 11.8 Å². The molecule has 2 aromatic heterocycles. The van der Waals surface area contributed by atoms with Gasteiger partial charge in [0.15, 0.2) is 0 Å². The lowest BCUT2D eigenvalue weighted by molar-refractivity contribution is 0.412. The average molecular weight is 541 g/mol. The molecule has 12 heteroatoms. The minimum atomic E-state index is -4.04. The molecule has 5 aromatic rings. The number of nitrogens with zero attached hydrogens (tertiary/aromatic N) is 3. The number of halogens is 2. The molecule has 37 heavy (non-hydrogen) atoms. The van der Waals surface area contributed by atoms with Gasteiger partial charge >= 0.3 is 0 Å². The van der Waals surface area contributed by atoms with Gasteiger partial charge in [0.25, 0.3) is 21.5 Å². The number of benzene rings is 3. The molecule has 0 aliphatic heterocycles. The van der Waals surface area contributed by atoms with Gasteiger partial charge in [0.05, 0.1) is 23.2 Å². The zero-order valence-electron chi connectivity index (χ0n) is 19.4. The van der Waals surface area contributed by atoms with Gasteiger partial charge in [0.2, 0.25) is 6.39 Å². The van der Waals surface area contributed by atoms with Crippen LogP contribution in [0.2, 0.25) is 5.02 Å². The van der Waals surface area contributed by atoms with E-state index in [9.17, 15) is 13.2 Å². The second kappa shape index (κ2) is 9.34. The minimum absolute atomic E-state index is 0.0957. The molecule has 0 aliphatic rings. The molecule has 188 valence electrons. The number of anilines is 1. The summed E-state index contributed by atoms with van der Waals surface area (Å²) in [5.74, 6) is -0.555. The van der Waals surface area contributed by atoms with E-state index in [1.807, 2.05) is 6.92 Å². The Labute approximate surface area is 215 Å². The van der Waals surface area contributed by atoms with E-state index in [0.29, 0.717) is 21.5 Å². The zero-order valence-corrected chi connectivity index (χ0v) is 21.0. The highest BCUT2D eigenvalue weighted by molar-refractivity contribution is 7.92. The molecular weight excluding hydrogens is 523 g/mol. The van der Waals surface area contributed by atoms with Crippen molar-refractivity contribution in [2.75, 3.05) is 11.8 Å². The van der Waals surface area contributed by atoms with Gasteiger partial charge in [-0.1, -0.05) is 17.7 Å². The van der Waals surface area contributed by atoms with Crippen LogP contribution in [0.4, 0.5) is 10.3 Å². The van der Waals surface area contributed by atoms with E-state index >= 15 is 4.39 Å². The van der Waals surface area contributed by atoms with Crippen molar-refractivity contribution >= 4 is 38.5 Å². The van der Waals surface area contributed by atoms with Crippen LogP contribution in [0.15, 0.2) is 81.3 Å². The van der Waals surface area contributed by atoms with Crippen LogP contribution < -0.4 is 15.0 Å². The number of rotatable bonds is 6. The first-order valence-corrected chi connectivity index (χ1v) is 12.6. The lowest BCUT2D eigenvalue weighted by Crippen LogP contribution is -2.19. The maximum atomic E-state index is 15.4. The fourth-order valence-electron chi connectivity index (χ4n) is 3.95. The number of aromatic nitrogens is 3. The number of sulfonamides is 1. The van der Waals surface area contributed by atoms with Crippen LogP contribution in [0.1, 0.15) is 5.56 Å². The van der Waals surface area contributed by atoms with E-state index in [-0.39, 0.29) is 27.8 Å². The number of hydrogen-bond donors (Lipinski definition) is 1. The predicted molar refractivity (Wildman–Crippen MR) is 136 cm³/mol. The largest absolute Gasteiger partial charge is 0.495 e.